The zero-order chi connectivity index (χ0) is 12.3. The van der Waals surface area contributed by atoms with Crippen LogP contribution in [-0.4, -0.2) is 0 Å². The molecule has 0 saturated heterocycles. The van der Waals surface area contributed by atoms with Crippen molar-refractivity contribution in [2.24, 2.45) is 10.2 Å². The van der Waals surface area contributed by atoms with Crippen LogP contribution in [0, 0.1) is 13.8 Å². The summed E-state index contributed by atoms with van der Waals surface area (Å²) in [5.41, 5.74) is 4.10. The van der Waals surface area contributed by atoms with E-state index >= 15 is 0 Å². The number of halogens is 1. The summed E-state index contributed by atoms with van der Waals surface area (Å²) in [7, 11) is 0. The second-order valence-electron chi connectivity index (χ2n) is 3.92. The topological polar surface area (TPSA) is 24.7 Å². The molecule has 0 aliphatic carbocycles. The quantitative estimate of drug-likeness (QED) is 0.654. The van der Waals surface area contributed by atoms with E-state index in [1.54, 1.807) is 0 Å². The van der Waals surface area contributed by atoms with Crippen molar-refractivity contribution in [1.29, 1.82) is 0 Å². The van der Waals surface area contributed by atoms with Crippen LogP contribution in [0.2, 0.25) is 0 Å². The Bertz CT molecular complexity index is 524. The third kappa shape index (κ3) is 3.01. The van der Waals surface area contributed by atoms with Gasteiger partial charge in [-0.3, -0.25) is 0 Å². The molecule has 0 aromatic heterocycles. The van der Waals surface area contributed by atoms with Gasteiger partial charge in [0, 0.05) is 4.47 Å². The van der Waals surface area contributed by atoms with Gasteiger partial charge in [0.2, 0.25) is 0 Å². The van der Waals surface area contributed by atoms with Crippen LogP contribution in [0.5, 0.6) is 0 Å². The summed E-state index contributed by atoms with van der Waals surface area (Å²) in [5.74, 6) is 0. The van der Waals surface area contributed by atoms with Gasteiger partial charge in [0.05, 0.1) is 11.4 Å². The van der Waals surface area contributed by atoms with E-state index in [0.29, 0.717) is 0 Å². The maximum atomic E-state index is 4.31. The number of azo groups is 1. The van der Waals surface area contributed by atoms with Gasteiger partial charge in [0.25, 0.3) is 0 Å². The maximum Gasteiger partial charge on any atom is 0.0915 e. The number of benzene rings is 2. The lowest BCUT2D eigenvalue weighted by Gasteiger charge is -2.02. The predicted octanol–water partition coefficient (Wildman–Crippen LogP) is 5.48. The zero-order valence-electron chi connectivity index (χ0n) is 9.81. The Morgan fingerprint density at radius 3 is 2.00 bits per heavy atom. The van der Waals surface area contributed by atoms with Crippen molar-refractivity contribution in [3.05, 3.63) is 58.1 Å². The highest BCUT2D eigenvalue weighted by Gasteiger charge is 1.99. The van der Waals surface area contributed by atoms with Gasteiger partial charge >= 0.3 is 0 Å². The molecular formula is C14H13BrN2. The van der Waals surface area contributed by atoms with Crippen molar-refractivity contribution in [2.45, 2.75) is 13.8 Å². The summed E-state index contributed by atoms with van der Waals surface area (Å²) in [5, 5.41) is 8.56. The van der Waals surface area contributed by atoms with Crippen molar-refractivity contribution in [3.8, 4) is 0 Å². The fourth-order valence-electron chi connectivity index (χ4n) is 1.58. The Morgan fingerprint density at radius 2 is 1.41 bits per heavy atom. The van der Waals surface area contributed by atoms with Gasteiger partial charge < -0.3 is 0 Å². The molecule has 0 amide bonds. The van der Waals surface area contributed by atoms with Gasteiger partial charge in [0.1, 0.15) is 0 Å². The molecule has 3 heteroatoms. The number of nitrogens with zero attached hydrogens (tertiary/aromatic N) is 2. The van der Waals surface area contributed by atoms with Crippen LogP contribution in [0.1, 0.15) is 11.1 Å². The molecule has 86 valence electrons. The maximum absolute atomic E-state index is 4.31. The van der Waals surface area contributed by atoms with E-state index in [9.17, 15) is 0 Å². The highest BCUT2D eigenvalue weighted by molar-refractivity contribution is 9.10. The average molecular weight is 289 g/mol. The number of hydrogen-bond acceptors (Lipinski definition) is 2. The van der Waals surface area contributed by atoms with E-state index in [1.165, 1.54) is 0 Å². The summed E-state index contributed by atoms with van der Waals surface area (Å²) >= 11 is 3.39. The molecule has 2 rings (SSSR count). The SMILES string of the molecule is Cc1cccc(C)c1N=Nc1ccc(Br)cc1. The van der Waals surface area contributed by atoms with Crippen LogP contribution < -0.4 is 0 Å². The van der Waals surface area contributed by atoms with E-state index in [4.69, 9.17) is 0 Å². The fourth-order valence-corrected chi connectivity index (χ4v) is 1.84. The molecule has 0 N–H and O–H groups in total. The minimum absolute atomic E-state index is 0.857. The van der Waals surface area contributed by atoms with E-state index in [1.807, 2.05) is 56.3 Å². The van der Waals surface area contributed by atoms with E-state index in [-0.39, 0.29) is 0 Å². The van der Waals surface area contributed by atoms with Gasteiger partial charge in [-0.2, -0.15) is 10.2 Å². The Kier molecular flexibility index (Phi) is 3.69. The minimum atomic E-state index is 0.857. The molecule has 0 atom stereocenters. The first kappa shape index (κ1) is 12.0. The Balaban J connectivity index is 2.29. The molecule has 2 aromatic carbocycles. The van der Waals surface area contributed by atoms with Gasteiger partial charge in [0.15, 0.2) is 0 Å². The molecule has 0 saturated carbocycles. The number of hydrogen-bond donors (Lipinski definition) is 0. The lowest BCUT2D eigenvalue weighted by atomic mass is 10.1. The molecule has 0 spiro atoms. The Morgan fingerprint density at radius 1 is 0.824 bits per heavy atom. The molecule has 17 heavy (non-hydrogen) atoms. The highest BCUT2D eigenvalue weighted by Crippen LogP contribution is 2.26. The second-order valence-corrected chi connectivity index (χ2v) is 4.83. The summed E-state index contributed by atoms with van der Waals surface area (Å²) in [6.45, 7) is 4.09. The van der Waals surface area contributed by atoms with Crippen LogP contribution in [-0.2, 0) is 0 Å². The van der Waals surface area contributed by atoms with Crippen molar-refractivity contribution in [3.63, 3.8) is 0 Å². The highest BCUT2D eigenvalue weighted by atomic mass is 79.9. The van der Waals surface area contributed by atoms with Crippen molar-refractivity contribution in [2.75, 3.05) is 0 Å². The fraction of sp³-hybridized carbons (Fsp3) is 0.143. The van der Waals surface area contributed by atoms with Crippen molar-refractivity contribution < 1.29 is 0 Å². The predicted molar refractivity (Wildman–Crippen MR) is 74.2 cm³/mol. The largest absolute Gasteiger partial charge is 0.151 e. The Labute approximate surface area is 110 Å². The zero-order valence-corrected chi connectivity index (χ0v) is 11.4. The molecule has 0 heterocycles. The van der Waals surface area contributed by atoms with Crippen LogP contribution in [0.3, 0.4) is 0 Å². The summed E-state index contributed by atoms with van der Waals surface area (Å²) in [4.78, 5) is 0. The van der Waals surface area contributed by atoms with Gasteiger partial charge in [-0.15, -0.1) is 0 Å². The van der Waals surface area contributed by atoms with Crippen LogP contribution >= 0.6 is 15.9 Å². The summed E-state index contributed by atoms with van der Waals surface area (Å²) < 4.78 is 1.04. The number of rotatable bonds is 2. The molecule has 0 bridgehead atoms. The average Bonchev–Trinajstić information content (AvgIpc) is 2.31. The van der Waals surface area contributed by atoms with Crippen LogP contribution in [0.15, 0.2) is 57.2 Å². The van der Waals surface area contributed by atoms with Crippen molar-refractivity contribution >= 4 is 27.3 Å². The monoisotopic (exact) mass is 288 g/mol. The molecule has 0 aliphatic heterocycles. The molecule has 0 radical (unpaired) electrons. The normalized spacial score (nSPS) is 11.0. The molecular weight excluding hydrogens is 276 g/mol. The third-order valence-electron chi connectivity index (χ3n) is 2.53. The second kappa shape index (κ2) is 5.23. The van der Waals surface area contributed by atoms with Crippen LogP contribution in [0.25, 0.3) is 0 Å². The summed E-state index contributed by atoms with van der Waals surface area (Å²) in [6.07, 6.45) is 0. The minimum Gasteiger partial charge on any atom is -0.151 e. The molecule has 0 aliphatic rings. The smallest absolute Gasteiger partial charge is 0.0915 e. The van der Waals surface area contributed by atoms with Gasteiger partial charge in [-0.1, -0.05) is 34.1 Å². The molecule has 2 aromatic rings. The van der Waals surface area contributed by atoms with Gasteiger partial charge in [-0.25, -0.2) is 0 Å². The van der Waals surface area contributed by atoms with Crippen molar-refractivity contribution in [1.82, 2.24) is 0 Å². The molecule has 0 fully saturated rings. The lowest BCUT2D eigenvalue weighted by molar-refractivity contribution is 1.19. The number of aryl methyl sites for hydroxylation is 2. The van der Waals surface area contributed by atoms with E-state index < -0.39 is 0 Å². The third-order valence-corrected chi connectivity index (χ3v) is 3.06. The van der Waals surface area contributed by atoms with Crippen LogP contribution in [0.4, 0.5) is 11.4 Å². The Hall–Kier alpha value is -1.48. The first-order valence-corrected chi connectivity index (χ1v) is 6.19. The molecule has 0 unspecified atom stereocenters. The lowest BCUT2D eigenvalue weighted by Crippen LogP contribution is -1.78. The summed E-state index contributed by atoms with van der Waals surface area (Å²) in [6, 6.07) is 13.9. The van der Waals surface area contributed by atoms with E-state index in [0.717, 1.165) is 27.0 Å². The van der Waals surface area contributed by atoms with E-state index in [2.05, 4.69) is 26.2 Å². The first-order chi connectivity index (χ1) is 8.16. The molecule has 2 nitrogen and oxygen atoms in total. The standard InChI is InChI=1S/C14H13BrN2/c1-10-4-3-5-11(2)14(10)17-16-13-8-6-12(15)7-9-13/h3-9H,1-2H3. The first-order valence-electron chi connectivity index (χ1n) is 5.40. The van der Waals surface area contributed by atoms with Gasteiger partial charge in [-0.05, 0) is 49.2 Å².